The smallest absolute Gasteiger partial charge is 0.306 e. The van der Waals surface area contributed by atoms with Gasteiger partial charge in [0, 0.05) is 12.8 Å². The topological polar surface area (TPSA) is 26.3 Å². The van der Waals surface area contributed by atoms with E-state index in [1.54, 1.807) is 0 Å². The predicted molar refractivity (Wildman–Crippen MR) is 80.3 cm³/mol. The van der Waals surface area contributed by atoms with Crippen LogP contribution in [-0.2, 0) is 16.0 Å². The molecule has 0 saturated heterocycles. The van der Waals surface area contributed by atoms with Gasteiger partial charge in [0.2, 0.25) is 0 Å². The number of esters is 1. The number of rotatable bonds is 6. The maximum atomic E-state index is 11.8. The Kier molecular flexibility index (Phi) is 5.36. The van der Waals surface area contributed by atoms with Crippen molar-refractivity contribution in [1.82, 2.24) is 0 Å². The van der Waals surface area contributed by atoms with E-state index < -0.39 is 0 Å². The Balaban J connectivity index is 2.14. The summed E-state index contributed by atoms with van der Waals surface area (Å²) >= 11 is 0. The molecule has 2 nitrogen and oxygen atoms in total. The summed E-state index contributed by atoms with van der Waals surface area (Å²) in [6.07, 6.45) is 1.78. The summed E-state index contributed by atoms with van der Waals surface area (Å²) in [6, 6.07) is 20.0. The zero-order valence-corrected chi connectivity index (χ0v) is 11.8. The lowest BCUT2D eigenvalue weighted by Crippen LogP contribution is -2.13. The van der Waals surface area contributed by atoms with Gasteiger partial charge >= 0.3 is 5.97 Å². The Morgan fingerprint density at radius 3 is 2.20 bits per heavy atom. The molecule has 1 atom stereocenters. The van der Waals surface area contributed by atoms with Crippen molar-refractivity contribution in [2.75, 3.05) is 0 Å². The van der Waals surface area contributed by atoms with Gasteiger partial charge in [-0.3, -0.25) is 4.79 Å². The molecule has 0 amide bonds. The molecule has 104 valence electrons. The molecule has 0 saturated carbocycles. The van der Waals surface area contributed by atoms with Crippen molar-refractivity contribution in [3.63, 3.8) is 0 Å². The lowest BCUT2D eigenvalue weighted by Gasteiger charge is -2.18. The third-order valence-electron chi connectivity index (χ3n) is 3.16. The Labute approximate surface area is 120 Å². The molecule has 0 radical (unpaired) electrons. The summed E-state index contributed by atoms with van der Waals surface area (Å²) < 4.78 is 5.64. The van der Waals surface area contributed by atoms with E-state index in [0.717, 1.165) is 12.0 Å². The lowest BCUT2D eigenvalue weighted by molar-refractivity contribution is -0.149. The molecule has 0 aliphatic rings. The summed E-state index contributed by atoms with van der Waals surface area (Å²) in [6.45, 7) is 1.98. The molecule has 0 aromatic heterocycles. The van der Waals surface area contributed by atoms with Gasteiger partial charge in [-0.2, -0.15) is 0 Å². The van der Waals surface area contributed by atoms with E-state index >= 15 is 0 Å². The number of hydrogen-bond acceptors (Lipinski definition) is 2. The van der Waals surface area contributed by atoms with Crippen molar-refractivity contribution in [2.45, 2.75) is 32.3 Å². The monoisotopic (exact) mass is 268 g/mol. The molecule has 0 aliphatic carbocycles. The second-order valence-electron chi connectivity index (χ2n) is 4.83. The van der Waals surface area contributed by atoms with Crippen molar-refractivity contribution in [3.8, 4) is 0 Å². The van der Waals surface area contributed by atoms with Crippen LogP contribution in [0.5, 0.6) is 0 Å². The molecule has 0 N–H and O–H groups in total. The maximum absolute atomic E-state index is 11.8. The largest absolute Gasteiger partial charge is 0.457 e. The van der Waals surface area contributed by atoms with Crippen LogP contribution >= 0.6 is 0 Å². The van der Waals surface area contributed by atoms with Gasteiger partial charge < -0.3 is 4.74 Å². The van der Waals surface area contributed by atoms with Gasteiger partial charge in [0.1, 0.15) is 6.10 Å². The van der Waals surface area contributed by atoms with Crippen LogP contribution in [0.1, 0.15) is 37.0 Å². The first-order chi connectivity index (χ1) is 9.79. The molecule has 20 heavy (non-hydrogen) atoms. The molecule has 2 aromatic carbocycles. The van der Waals surface area contributed by atoms with Crippen molar-refractivity contribution < 1.29 is 9.53 Å². The molecule has 0 spiro atoms. The molecular formula is C18H20O2. The van der Waals surface area contributed by atoms with E-state index in [-0.39, 0.29) is 12.1 Å². The van der Waals surface area contributed by atoms with Gasteiger partial charge in [-0.25, -0.2) is 0 Å². The van der Waals surface area contributed by atoms with E-state index in [0.29, 0.717) is 12.8 Å². The molecule has 0 aliphatic heterocycles. The van der Waals surface area contributed by atoms with Crippen LogP contribution in [0.15, 0.2) is 60.7 Å². The zero-order chi connectivity index (χ0) is 14.2. The van der Waals surface area contributed by atoms with Crippen LogP contribution < -0.4 is 0 Å². The van der Waals surface area contributed by atoms with E-state index in [2.05, 4.69) is 12.1 Å². The van der Waals surface area contributed by atoms with Gasteiger partial charge in [-0.15, -0.1) is 0 Å². The fourth-order valence-electron chi connectivity index (χ4n) is 2.15. The molecule has 0 heterocycles. The Bertz CT molecular complexity index is 520. The third-order valence-corrected chi connectivity index (χ3v) is 3.16. The summed E-state index contributed by atoms with van der Waals surface area (Å²) in [5, 5.41) is 0. The molecule has 2 aromatic rings. The van der Waals surface area contributed by atoms with Gasteiger partial charge in [0.25, 0.3) is 0 Å². The number of carbonyl (C=O) groups is 1. The highest BCUT2D eigenvalue weighted by atomic mass is 16.5. The standard InChI is InChI=1S/C18H20O2/c1-2-9-18(19)20-17(16-12-7-4-8-13-16)14-15-10-5-3-6-11-15/h3-8,10-13,17H,2,9,14H2,1H3/t17-/m1/s1. The quantitative estimate of drug-likeness (QED) is 0.729. The molecule has 2 heteroatoms. The predicted octanol–water partition coefficient (Wildman–Crippen LogP) is 4.31. The molecule has 2 rings (SSSR count). The van der Waals surface area contributed by atoms with Gasteiger partial charge in [-0.1, -0.05) is 67.6 Å². The summed E-state index contributed by atoms with van der Waals surface area (Å²) in [5.41, 5.74) is 2.21. The van der Waals surface area contributed by atoms with Crippen LogP contribution in [-0.4, -0.2) is 5.97 Å². The second kappa shape index (κ2) is 7.49. The summed E-state index contributed by atoms with van der Waals surface area (Å²) in [7, 11) is 0. The average Bonchev–Trinajstić information content (AvgIpc) is 2.49. The fraction of sp³-hybridized carbons (Fsp3) is 0.278. The zero-order valence-electron chi connectivity index (χ0n) is 11.8. The normalized spacial score (nSPS) is 11.8. The first kappa shape index (κ1) is 14.3. The summed E-state index contributed by atoms with van der Waals surface area (Å²) in [5.74, 6) is -0.128. The minimum absolute atomic E-state index is 0.128. The number of benzene rings is 2. The Morgan fingerprint density at radius 1 is 1.00 bits per heavy atom. The highest BCUT2D eigenvalue weighted by molar-refractivity contribution is 5.69. The van der Waals surface area contributed by atoms with Gasteiger partial charge in [-0.05, 0) is 17.5 Å². The maximum Gasteiger partial charge on any atom is 0.306 e. The van der Waals surface area contributed by atoms with Crippen LogP contribution in [0.2, 0.25) is 0 Å². The molecule has 0 bridgehead atoms. The number of hydrogen-bond donors (Lipinski definition) is 0. The lowest BCUT2D eigenvalue weighted by atomic mass is 10.0. The Morgan fingerprint density at radius 2 is 1.60 bits per heavy atom. The Hall–Kier alpha value is -2.09. The van der Waals surface area contributed by atoms with Gasteiger partial charge in [0.15, 0.2) is 0 Å². The number of carbonyl (C=O) groups excluding carboxylic acids is 1. The highest BCUT2D eigenvalue weighted by Crippen LogP contribution is 2.23. The molecule has 0 unspecified atom stereocenters. The SMILES string of the molecule is CCCC(=O)O[C@H](Cc1ccccc1)c1ccccc1. The third kappa shape index (κ3) is 4.23. The van der Waals surface area contributed by atoms with Crippen LogP contribution in [0.25, 0.3) is 0 Å². The number of ether oxygens (including phenoxy) is 1. The summed E-state index contributed by atoms with van der Waals surface area (Å²) in [4.78, 5) is 11.8. The second-order valence-corrected chi connectivity index (χ2v) is 4.83. The van der Waals surface area contributed by atoms with Gasteiger partial charge in [0.05, 0.1) is 0 Å². The van der Waals surface area contributed by atoms with Crippen LogP contribution in [0.4, 0.5) is 0 Å². The van der Waals surface area contributed by atoms with Crippen LogP contribution in [0.3, 0.4) is 0 Å². The first-order valence-electron chi connectivity index (χ1n) is 7.08. The van der Waals surface area contributed by atoms with Crippen molar-refractivity contribution in [2.24, 2.45) is 0 Å². The van der Waals surface area contributed by atoms with Crippen LogP contribution in [0, 0.1) is 0 Å². The fourth-order valence-corrected chi connectivity index (χ4v) is 2.15. The van der Waals surface area contributed by atoms with E-state index in [4.69, 9.17) is 4.74 Å². The van der Waals surface area contributed by atoms with Crippen molar-refractivity contribution >= 4 is 5.97 Å². The first-order valence-corrected chi connectivity index (χ1v) is 7.08. The van der Waals surface area contributed by atoms with Crippen molar-refractivity contribution in [1.29, 1.82) is 0 Å². The average molecular weight is 268 g/mol. The minimum Gasteiger partial charge on any atom is -0.457 e. The van der Waals surface area contributed by atoms with E-state index in [1.807, 2.05) is 55.5 Å². The highest BCUT2D eigenvalue weighted by Gasteiger charge is 2.16. The van der Waals surface area contributed by atoms with E-state index in [9.17, 15) is 4.79 Å². The van der Waals surface area contributed by atoms with E-state index in [1.165, 1.54) is 5.56 Å². The van der Waals surface area contributed by atoms with Crippen molar-refractivity contribution in [3.05, 3.63) is 71.8 Å². The molecule has 0 fully saturated rings. The minimum atomic E-state index is -0.211. The molecular weight excluding hydrogens is 248 g/mol.